The lowest BCUT2D eigenvalue weighted by Crippen LogP contribution is -2.59. The van der Waals surface area contributed by atoms with Gasteiger partial charge in [0.2, 0.25) is 0 Å². The highest BCUT2D eigenvalue weighted by molar-refractivity contribution is 5.51. The van der Waals surface area contributed by atoms with Gasteiger partial charge in [0.15, 0.2) is 17.8 Å². The maximum atomic E-state index is 10.0. The Morgan fingerprint density at radius 2 is 1.65 bits per heavy atom. The minimum absolute atomic E-state index is 0.0333. The van der Waals surface area contributed by atoms with E-state index in [9.17, 15) is 25.5 Å². The monoisotopic (exact) mass is 448 g/mol. The molecule has 1 aromatic carbocycles. The van der Waals surface area contributed by atoms with E-state index in [0.29, 0.717) is 24.3 Å². The van der Waals surface area contributed by atoms with E-state index < -0.39 is 50.0 Å². The molecule has 1 saturated heterocycles. The van der Waals surface area contributed by atoms with Crippen LogP contribution in [0.15, 0.2) is 12.1 Å². The van der Waals surface area contributed by atoms with Gasteiger partial charge in [-0.2, -0.15) is 0 Å². The summed E-state index contributed by atoms with van der Waals surface area (Å²) < 4.78 is 27.2. The van der Waals surface area contributed by atoms with Crippen LogP contribution >= 0.6 is 0 Å². The molecule has 6 N–H and O–H groups in total. The average Bonchev–Trinajstić information content (AvgIpc) is 2.79. The van der Waals surface area contributed by atoms with Crippen molar-refractivity contribution in [3.8, 4) is 17.2 Å². The highest BCUT2D eigenvalue weighted by Gasteiger charge is 2.44. The Morgan fingerprint density at radius 1 is 0.935 bits per heavy atom. The lowest BCUT2D eigenvalue weighted by Gasteiger charge is -2.39. The van der Waals surface area contributed by atoms with E-state index >= 15 is 0 Å². The average molecular weight is 448 g/mol. The van der Waals surface area contributed by atoms with Crippen molar-refractivity contribution in [2.45, 2.75) is 49.7 Å². The predicted molar refractivity (Wildman–Crippen MR) is 106 cm³/mol. The molecule has 0 aromatic heterocycles. The summed E-state index contributed by atoms with van der Waals surface area (Å²) in [5.41, 5.74) is 0.818. The maximum Gasteiger partial charge on any atom is 0.186 e. The Kier molecular flexibility index (Phi) is 10.2. The molecule has 6 atom stereocenters. The lowest BCUT2D eigenvalue weighted by molar-refractivity contribution is -0.304. The third kappa shape index (κ3) is 6.40. The van der Waals surface area contributed by atoms with Crippen LogP contribution in [0.3, 0.4) is 0 Å². The third-order valence-corrected chi connectivity index (χ3v) is 4.96. The van der Waals surface area contributed by atoms with Crippen LogP contribution in [0.25, 0.3) is 0 Å². The number of methoxy groups -OCH3 is 2. The summed E-state index contributed by atoms with van der Waals surface area (Å²) in [4.78, 5) is 0. The van der Waals surface area contributed by atoms with E-state index in [1.54, 1.807) is 12.1 Å². The van der Waals surface area contributed by atoms with E-state index in [4.69, 9.17) is 28.8 Å². The van der Waals surface area contributed by atoms with Crippen LogP contribution in [0.1, 0.15) is 12.0 Å². The van der Waals surface area contributed by atoms with Crippen molar-refractivity contribution in [1.82, 2.24) is 0 Å². The summed E-state index contributed by atoms with van der Waals surface area (Å²) in [6.07, 6.45) is -6.85. The van der Waals surface area contributed by atoms with E-state index in [0.717, 1.165) is 5.56 Å². The predicted octanol–water partition coefficient (Wildman–Crippen LogP) is -1.82. The second kappa shape index (κ2) is 12.4. The van der Waals surface area contributed by atoms with Gasteiger partial charge >= 0.3 is 0 Å². The second-order valence-corrected chi connectivity index (χ2v) is 7.10. The zero-order chi connectivity index (χ0) is 23.0. The molecule has 31 heavy (non-hydrogen) atoms. The normalized spacial score (nSPS) is 27.0. The molecule has 6 unspecified atom stereocenters. The highest BCUT2D eigenvalue weighted by Crippen LogP contribution is 2.36. The standard InChI is InChI=1S/C20H32O11/c1-27-13-7-15(14(28-2)6-11(13)4-3-5-21)30-12(8-22)10-29-20-19(26)18(25)17(24)16(9-23)31-20/h6-7,12,16-26H,3-5,8-10H2,1-2H3. The Bertz CT molecular complexity index is 669. The van der Waals surface area contributed by atoms with Gasteiger partial charge in [-0.05, 0) is 24.5 Å². The Labute approximate surface area is 180 Å². The molecule has 11 nitrogen and oxygen atoms in total. The van der Waals surface area contributed by atoms with Crippen LogP contribution in [0.5, 0.6) is 17.2 Å². The molecular weight excluding hydrogens is 416 g/mol. The van der Waals surface area contributed by atoms with Crippen LogP contribution in [0, 0.1) is 0 Å². The molecule has 0 saturated carbocycles. The quantitative estimate of drug-likeness (QED) is 0.213. The van der Waals surface area contributed by atoms with Crippen LogP contribution in [-0.2, 0) is 15.9 Å². The van der Waals surface area contributed by atoms with E-state index in [-0.39, 0.29) is 19.0 Å². The van der Waals surface area contributed by atoms with E-state index in [2.05, 4.69) is 0 Å². The van der Waals surface area contributed by atoms with Gasteiger partial charge in [-0.15, -0.1) is 0 Å². The van der Waals surface area contributed by atoms with Crippen molar-refractivity contribution in [3.05, 3.63) is 17.7 Å². The molecule has 0 aliphatic carbocycles. The molecule has 2 rings (SSSR count). The van der Waals surface area contributed by atoms with Gasteiger partial charge in [-0.25, -0.2) is 0 Å². The first-order valence-corrected chi connectivity index (χ1v) is 9.95. The smallest absolute Gasteiger partial charge is 0.186 e. The van der Waals surface area contributed by atoms with Gasteiger partial charge in [0.05, 0.1) is 34.0 Å². The number of aryl methyl sites for hydroxylation is 1. The third-order valence-electron chi connectivity index (χ3n) is 4.96. The molecule has 1 aliphatic rings. The molecule has 11 heteroatoms. The SMILES string of the molecule is COc1cc(OC(CO)COC2OC(CO)C(O)C(O)C2O)c(OC)cc1CCCO. The van der Waals surface area contributed by atoms with Gasteiger partial charge in [0.1, 0.15) is 36.3 Å². The summed E-state index contributed by atoms with van der Waals surface area (Å²) in [7, 11) is 2.96. The molecule has 178 valence electrons. The largest absolute Gasteiger partial charge is 0.496 e. The number of aliphatic hydroxyl groups is 6. The highest BCUT2D eigenvalue weighted by atomic mass is 16.7. The fourth-order valence-electron chi connectivity index (χ4n) is 3.20. The first-order valence-electron chi connectivity index (χ1n) is 9.95. The Balaban J connectivity index is 2.08. The number of benzene rings is 1. The summed E-state index contributed by atoms with van der Waals surface area (Å²) in [6.45, 7) is -1.23. The fraction of sp³-hybridized carbons (Fsp3) is 0.700. The molecule has 1 aromatic rings. The van der Waals surface area contributed by atoms with E-state index in [1.807, 2.05) is 0 Å². The van der Waals surface area contributed by atoms with Gasteiger partial charge in [-0.3, -0.25) is 0 Å². The van der Waals surface area contributed by atoms with Crippen LogP contribution in [0.2, 0.25) is 0 Å². The molecule has 1 aliphatic heterocycles. The van der Waals surface area contributed by atoms with Gasteiger partial charge in [0, 0.05) is 12.7 Å². The fourth-order valence-corrected chi connectivity index (χ4v) is 3.20. The molecule has 0 amide bonds. The number of aliphatic hydroxyl groups excluding tert-OH is 6. The number of ether oxygens (including phenoxy) is 5. The first kappa shape index (κ1) is 25.6. The van der Waals surface area contributed by atoms with Crippen LogP contribution in [-0.4, -0.2) is 108 Å². The number of hydrogen-bond acceptors (Lipinski definition) is 11. The molecule has 0 spiro atoms. The molecular formula is C20H32O11. The van der Waals surface area contributed by atoms with Gasteiger partial charge in [0.25, 0.3) is 0 Å². The van der Waals surface area contributed by atoms with Crippen molar-refractivity contribution in [2.24, 2.45) is 0 Å². The second-order valence-electron chi connectivity index (χ2n) is 7.10. The summed E-state index contributed by atoms with van der Waals surface area (Å²) >= 11 is 0. The maximum absolute atomic E-state index is 10.0. The molecule has 1 heterocycles. The van der Waals surface area contributed by atoms with Crippen molar-refractivity contribution in [3.63, 3.8) is 0 Å². The van der Waals surface area contributed by atoms with Crippen molar-refractivity contribution in [1.29, 1.82) is 0 Å². The molecule has 0 bridgehead atoms. The minimum Gasteiger partial charge on any atom is -0.496 e. The van der Waals surface area contributed by atoms with Crippen molar-refractivity contribution >= 4 is 0 Å². The summed E-state index contributed by atoms with van der Waals surface area (Å²) in [6, 6.07) is 3.32. The van der Waals surface area contributed by atoms with Crippen molar-refractivity contribution < 1.29 is 54.3 Å². The summed E-state index contributed by atoms with van der Waals surface area (Å²) in [5, 5.41) is 57.7. The zero-order valence-electron chi connectivity index (χ0n) is 17.6. The van der Waals surface area contributed by atoms with Crippen LogP contribution in [0.4, 0.5) is 0 Å². The van der Waals surface area contributed by atoms with E-state index in [1.165, 1.54) is 14.2 Å². The first-order chi connectivity index (χ1) is 14.9. The zero-order valence-corrected chi connectivity index (χ0v) is 17.6. The molecule has 1 fully saturated rings. The Hall–Kier alpha value is -1.70. The van der Waals surface area contributed by atoms with Gasteiger partial charge in [-0.1, -0.05) is 0 Å². The minimum atomic E-state index is -1.57. The summed E-state index contributed by atoms with van der Waals surface area (Å²) in [5.74, 6) is 1.19. The molecule has 0 radical (unpaired) electrons. The number of rotatable bonds is 12. The van der Waals surface area contributed by atoms with Crippen molar-refractivity contribution in [2.75, 3.05) is 40.6 Å². The topological polar surface area (TPSA) is 168 Å². The Morgan fingerprint density at radius 3 is 2.23 bits per heavy atom. The van der Waals surface area contributed by atoms with Crippen LogP contribution < -0.4 is 14.2 Å². The number of hydrogen-bond donors (Lipinski definition) is 6. The lowest BCUT2D eigenvalue weighted by atomic mass is 9.99. The van der Waals surface area contributed by atoms with Gasteiger partial charge < -0.3 is 54.3 Å².